The number of anilines is 1. The van der Waals surface area contributed by atoms with Crippen LogP contribution in [0.15, 0.2) is 17.5 Å². The van der Waals surface area contributed by atoms with Gasteiger partial charge in [0.15, 0.2) is 5.82 Å². The number of nitrogens with zero attached hydrogens (tertiary/aromatic N) is 3. The molecule has 4 heterocycles. The highest BCUT2D eigenvalue weighted by Crippen LogP contribution is 2.38. The molecule has 1 fully saturated rings. The highest BCUT2D eigenvalue weighted by molar-refractivity contribution is 7.19. The number of hydrogen-bond acceptors (Lipinski definition) is 5. The topological polar surface area (TPSA) is 29.0 Å². The highest BCUT2D eigenvalue weighted by Gasteiger charge is 2.23. The van der Waals surface area contributed by atoms with Crippen molar-refractivity contribution >= 4 is 38.7 Å². The van der Waals surface area contributed by atoms with Crippen LogP contribution in [0.1, 0.15) is 16.9 Å². The number of aromatic nitrogens is 2. The van der Waals surface area contributed by atoms with Gasteiger partial charge in [0.25, 0.3) is 0 Å². The normalized spacial score (nSPS) is 14.8. The molecule has 4 rings (SSSR count). The molecule has 102 valence electrons. The summed E-state index contributed by atoms with van der Waals surface area (Å²) in [5, 5.41) is 3.34. The maximum Gasteiger partial charge on any atom is 0.173 e. The highest BCUT2D eigenvalue weighted by atomic mass is 32.1. The largest absolute Gasteiger partial charge is 0.356 e. The van der Waals surface area contributed by atoms with E-state index in [1.54, 1.807) is 22.7 Å². The third-order valence-electron chi connectivity index (χ3n) is 3.91. The fraction of sp³-hybridized carbons (Fsp3) is 0.333. The molecule has 0 saturated carbocycles. The summed E-state index contributed by atoms with van der Waals surface area (Å²) in [7, 11) is 0. The van der Waals surface area contributed by atoms with Gasteiger partial charge in [0.2, 0.25) is 0 Å². The van der Waals surface area contributed by atoms with Gasteiger partial charge in [-0.2, -0.15) is 0 Å². The van der Waals surface area contributed by atoms with Crippen molar-refractivity contribution in [2.75, 3.05) is 18.0 Å². The molecule has 0 aliphatic carbocycles. The average Bonchev–Trinajstić information content (AvgIpc) is 2.97. The molecule has 0 atom stereocenters. The van der Waals surface area contributed by atoms with Crippen LogP contribution < -0.4 is 4.90 Å². The first-order chi connectivity index (χ1) is 9.74. The Bertz CT molecular complexity index is 770. The maximum atomic E-state index is 4.87. The molecule has 0 radical (unpaired) electrons. The lowest BCUT2D eigenvalue weighted by Gasteiger charge is -2.32. The molecular weight excluding hydrogens is 286 g/mol. The van der Waals surface area contributed by atoms with Crippen LogP contribution in [0.5, 0.6) is 0 Å². The van der Waals surface area contributed by atoms with Crippen molar-refractivity contribution in [2.24, 2.45) is 0 Å². The molecule has 5 heteroatoms. The first kappa shape index (κ1) is 12.3. The van der Waals surface area contributed by atoms with Crippen molar-refractivity contribution in [1.82, 2.24) is 9.97 Å². The Morgan fingerprint density at radius 2 is 2.05 bits per heavy atom. The van der Waals surface area contributed by atoms with Crippen LogP contribution in [0, 0.1) is 13.8 Å². The number of hydrogen-bond donors (Lipinski definition) is 0. The maximum absolute atomic E-state index is 4.87. The zero-order chi connectivity index (χ0) is 13.7. The van der Waals surface area contributed by atoms with Crippen molar-refractivity contribution in [3.8, 4) is 10.7 Å². The SMILES string of the molecule is Cc1sc2nc(-c3cccs3)nc(N3CCC3)c2c1C. The van der Waals surface area contributed by atoms with Crippen LogP contribution in [0.25, 0.3) is 20.9 Å². The molecule has 1 aliphatic heterocycles. The van der Waals surface area contributed by atoms with Gasteiger partial charge >= 0.3 is 0 Å². The zero-order valence-electron chi connectivity index (χ0n) is 11.5. The standard InChI is InChI=1S/C15H15N3S2/c1-9-10(2)20-15-12(9)14(18-6-4-7-18)16-13(17-15)11-5-3-8-19-11/h3,5,8H,4,6-7H2,1-2H3. The molecule has 0 bridgehead atoms. The number of aryl methyl sites for hydroxylation is 2. The van der Waals surface area contributed by atoms with Crippen LogP contribution in [0.2, 0.25) is 0 Å². The minimum Gasteiger partial charge on any atom is -0.356 e. The summed E-state index contributed by atoms with van der Waals surface area (Å²) in [5.74, 6) is 2.00. The monoisotopic (exact) mass is 301 g/mol. The fourth-order valence-electron chi connectivity index (χ4n) is 2.50. The predicted molar refractivity (Wildman–Crippen MR) is 87.0 cm³/mol. The first-order valence-corrected chi connectivity index (χ1v) is 8.50. The van der Waals surface area contributed by atoms with E-state index in [0.717, 1.165) is 34.4 Å². The van der Waals surface area contributed by atoms with E-state index >= 15 is 0 Å². The summed E-state index contributed by atoms with van der Waals surface area (Å²) in [6.45, 7) is 6.59. The Morgan fingerprint density at radius 3 is 2.70 bits per heavy atom. The lowest BCUT2D eigenvalue weighted by atomic mass is 10.1. The third kappa shape index (κ3) is 1.77. The molecule has 3 nitrogen and oxygen atoms in total. The minimum atomic E-state index is 0.871. The van der Waals surface area contributed by atoms with Gasteiger partial charge in [0.05, 0.1) is 10.3 Å². The van der Waals surface area contributed by atoms with Gasteiger partial charge in [-0.05, 0) is 37.3 Å². The van der Waals surface area contributed by atoms with Gasteiger partial charge in [0.1, 0.15) is 10.6 Å². The summed E-state index contributed by atoms with van der Waals surface area (Å²) in [4.78, 5) is 15.7. The van der Waals surface area contributed by atoms with Crippen molar-refractivity contribution in [3.63, 3.8) is 0 Å². The van der Waals surface area contributed by atoms with E-state index in [1.807, 2.05) is 0 Å². The molecule has 3 aromatic rings. The molecule has 0 N–H and O–H groups in total. The van der Waals surface area contributed by atoms with Gasteiger partial charge in [-0.25, -0.2) is 9.97 Å². The van der Waals surface area contributed by atoms with E-state index in [9.17, 15) is 0 Å². The van der Waals surface area contributed by atoms with Gasteiger partial charge < -0.3 is 4.90 Å². The predicted octanol–water partition coefficient (Wildman–Crippen LogP) is 4.25. The zero-order valence-corrected chi connectivity index (χ0v) is 13.1. The van der Waals surface area contributed by atoms with E-state index in [-0.39, 0.29) is 0 Å². The summed E-state index contributed by atoms with van der Waals surface area (Å²) in [6, 6.07) is 4.15. The average molecular weight is 301 g/mol. The summed E-state index contributed by atoms with van der Waals surface area (Å²) in [5.41, 5.74) is 1.34. The molecule has 0 aromatic carbocycles. The van der Waals surface area contributed by atoms with E-state index in [1.165, 1.54) is 22.2 Å². The van der Waals surface area contributed by atoms with Crippen LogP contribution in [0.3, 0.4) is 0 Å². The second kappa shape index (κ2) is 4.53. The molecule has 1 saturated heterocycles. The van der Waals surface area contributed by atoms with Crippen LogP contribution >= 0.6 is 22.7 Å². The Morgan fingerprint density at radius 1 is 1.20 bits per heavy atom. The van der Waals surface area contributed by atoms with E-state index in [0.29, 0.717) is 0 Å². The van der Waals surface area contributed by atoms with E-state index in [2.05, 4.69) is 36.3 Å². The third-order valence-corrected chi connectivity index (χ3v) is 5.87. The van der Waals surface area contributed by atoms with Crippen LogP contribution in [0.4, 0.5) is 5.82 Å². The minimum absolute atomic E-state index is 0.871. The van der Waals surface area contributed by atoms with E-state index < -0.39 is 0 Å². The quantitative estimate of drug-likeness (QED) is 0.708. The summed E-state index contributed by atoms with van der Waals surface area (Å²) < 4.78 is 0. The summed E-state index contributed by atoms with van der Waals surface area (Å²) in [6.07, 6.45) is 1.27. The van der Waals surface area contributed by atoms with E-state index in [4.69, 9.17) is 9.97 Å². The van der Waals surface area contributed by atoms with Crippen molar-refractivity contribution in [1.29, 1.82) is 0 Å². The lowest BCUT2D eigenvalue weighted by Crippen LogP contribution is -2.37. The first-order valence-electron chi connectivity index (χ1n) is 6.80. The van der Waals surface area contributed by atoms with Crippen LogP contribution in [-0.4, -0.2) is 23.1 Å². The molecule has 0 spiro atoms. The Labute approximate surface area is 125 Å². The van der Waals surface area contributed by atoms with Gasteiger partial charge in [-0.1, -0.05) is 6.07 Å². The number of rotatable bonds is 2. The molecule has 20 heavy (non-hydrogen) atoms. The van der Waals surface area contributed by atoms with Crippen molar-refractivity contribution < 1.29 is 0 Å². The van der Waals surface area contributed by atoms with Gasteiger partial charge in [0, 0.05) is 18.0 Å². The molecule has 0 amide bonds. The second-order valence-corrected chi connectivity index (χ2v) is 7.30. The summed E-state index contributed by atoms with van der Waals surface area (Å²) >= 11 is 3.49. The molecule has 1 aliphatic rings. The Balaban J connectivity index is 2.00. The Hall–Kier alpha value is -1.46. The Kier molecular flexibility index (Phi) is 2.79. The molecule has 0 unspecified atom stereocenters. The van der Waals surface area contributed by atoms with Crippen LogP contribution in [-0.2, 0) is 0 Å². The van der Waals surface area contributed by atoms with Gasteiger partial charge in [-0.3, -0.25) is 0 Å². The molecular formula is C15H15N3S2. The van der Waals surface area contributed by atoms with Crippen molar-refractivity contribution in [3.05, 3.63) is 28.0 Å². The fourth-order valence-corrected chi connectivity index (χ4v) is 4.18. The smallest absolute Gasteiger partial charge is 0.173 e. The number of fused-ring (bicyclic) bond motifs is 1. The molecule has 3 aromatic heterocycles. The van der Waals surface area contributed by atoms with Gasteiger partial charge in [-0.15, -0.1) is 22.7 Å². The van der Waals surface area contributed by atoms with Crippen molar-refractivity contribution in [2.45, 2.75) is 20.3 Å². The number of thiophene rings is 2. The lowest BCUT2D eigenvalue weighted by molar-refractivity contribution is 0.612. The second-order valence-electron chi connectivity index (χ2n) is 5.15.